The van der Waals surface area contributed by atoms with E-state index in [1.807, 2.05) is 42.5 Å². The number of rotatable bonds is 4. The molecule has 6 nitrogen and oxygen atoms in total. The van der Waals surface area contributed by atoms with Gasteiger partial charge in [0, 0.05) is 9.35 Å². The number of thiophene rings is 1. The van der Waals surface area contributed by atoms with Crippen LogP contribution in [0.4, 0.5) is 0 Å². The molecule has 1 aromatic carbocycles. The Balaban J connectivity index is 1.41. The van der Waals surface area contributed by atoms with E-state index in [0.29, 0.717) is 5.82 Å². The molecule has 0 radical (unpaired) electrons. The molecule has 3 aromatic heterocycles. The SMILES string of the molecule is C/C(=N\OCc1nc2c3c4c(sc3ncn2n1)CCCCC4)c1ccc(Br)cc1. The fourth-order valence-corrected chi connectivity index (χ4v) is 5.26. The minimum Gasteiger partial charge on any atom is -0.387 e. The molecule has 148 valence electrons. The molecule has 8 heteroatoms. The maximum absolute atomic E-state index is 5.54. The molecule has 1 aliphatic rings. The van der Waals surface area contributed by atoms with E-state index in [1.165, 1.54) is 35.1 Å². The molecule has 0 saturated heterocycles. The zero-order valence-corrected chi connectivity index (χ0v) is 18.5. The van der Waals surface area contributed by atoms with Crippen LogP contribution >= 0.6 is 27.3 Å². The molecule has 3 heterocycles. The summed E-state index contributed by atoms with van der Waals surface area (Å²) in [4.78, 5) is 17.4. The molecule has 0 bridgehead atoms. The molecular weight excluding hydrogens is 450 g/mol. The monoisotopic (exact) mass is 469 g/mol. The third-order valence-electron chi connectivity index (χ3n) is 5.24. The largest absolute Gasteiger partial charge is 0.387 e. The van der Waals surface area contributed by atoms with Crippen molar-refractivity contribution in [2.45, 2.75) is 45.6 Å². The van der Waals surface area contributed by atoms with Gasteiger partial charge in [-0.25, -0.2) is 14.5 Å². The second kappa shape index (κ2) is 7.84. The Kier molecular flexibility index (Phi) is 5.05. The van der Waals surface area contributed by atoms with Crippen molar-refractivity contribution in [3.8, 4) is 0 Å². The highest BCUT2D eigenvalue weighted by molar-refractivity contribution is 9.10. The minimum absolute atomic E-state index is 0.226. The van der Waals surface area contributed by atoms with Crippen LogP contribution in [0.5, 0.6) is 0 Å². The first-order valence-electron chi connectivity index (χ1n) is 9.76. The van der Waals surface area contributed by atoms with Gasteiger partial charge in [0.15, 0.2) is 18.1 Å². The van der Waals surface area contributed by atoms with Crippen molar-refractivity contribution < 1.29 is 4.84 Å². The van der Waals surface area contributed by atoms with Gasteiger partial charge < -0.3 is 4.84 Å². The van der Waals surface area contributed by atoms with Crippen LogP contribution in [0.25, 0.3) is 15.9 Å². The quantitative estimate of drug-likeness (QED) is 0.230. The van der Waals surface area contributed by atoms with Gasteiger partial charge in [0.2, 0.25) is 0 Å². The summed E-state index contributed by atoms with van der Waals surface area (Å²) in [6.07, 6.45) is 7.79. The summed E-state index contributed by atoms with van der Waals surface area (Å²) in [5, 5.41) is 9.94. The average molecular weight is 470 g/mol. The summed E-state index contributed by atoms with van der Waals surface area (Å²) in [7, 11) is 0. The number of fused-ring (bicyclic) bond motifs is 5. The third kappa shape index (κ3) is 3.67. The van der Waals surface area contributed by atoms with E-state index in [-0.39, 0.29) is 6.61 Å². The fourth-order valence-electron chi connectivity index (χ4n) is 3.77. The van der Waals surface area contributed by atoms with Gasteiger partial charge in [-0.3, -0.25) is 0 Å². The number of hydrogen-bond acceptors (Lipinski definition) is 6. The average Bonchev–Trinajstić information content (AvgIpc) is 3.21. The summed E-state index contributed by atoms with van der Waals surface area (Å²) in [5.41, 5.74) is 4.13. The number of hydrogen-bond donors (Lipinski definition) is 0. The topological polar surface area (TPSA) is 64.7 Å². The van der Waals surface area contributed by atoms with Gasteiger partial charge in [0.05, 0.1) is 11.1 Å². The highest BCUT2D eigenvalue weighted by Gasteiger charge is 2.20. The van der Waals surface area contributed by atoms with Crippen molar-refractivity contribution in [2.75, 3.05) is 0 Å². The first-order chi connectivity index (χ1) is 14.2. The van der Waals surface area contributed by atoms with E-state index in [4.69, 9.17) is 9.82 Å². The zero-order valence-electron chi connectivity index (χ0n) is 16.1. The smallest absolute Gasteiger partial charge is 0.192 e. The maximum atomic E-state index is 5.54. The van der Waals surface area contributed by atoms with Crippen LogP contribution in [-0.4, -0.2) is 25.3 Å². The highest BCUT2D eigenvalue weighted by Crippen LogP contribution is 2.36. The van der Waals surface area contributed by atoms with Crippen LogP contribution in [0.2, 0.25) is 0 Å². The fraction of sp³-hybridized carbons (Fsp3) is 0.333. The van der Waals surface area contributed by atoms with Crippen LogP contribution in [-0.2, 0) is 24.3 Å². The lowest BCUT2D eigenvalue weighted by Crippen LogP contribution is -1.97. The summed E-state index contributed by atoms with van der Waals surface area (Å²) in [6, 6.07) is 7.97. The Hall–Kier alpha value is -2.32. The summed E-state index contributed by atoms with van der Waals surface area (Å²) >= 11 is 5.25. The minimum atomic E-state index is 0.226. The van der Waals surface area contributed by atoms with Crippen LogP contribution < -0.4 is 0 Å². The zero-order chi connectivity index (χ0) is 19.8. The van der Waals surface area contributed by atoms with Crippen molar-refractivity contribution >= 4 is 48.8 Å². The van der Waals surface area contributed by atoms with Crippen molar-refractivity contribution in [3.63, 3.8) is 0 Å². The van der Waals surface area contributed by atoms with Gasteiger partial charge in [0.25, 0.3) is 0 Å². The van der Waals surface area contributed by atoms with Crippen molar-refractivity contribution in [1.82, 2.24) is 19.6 Å². The number of oxime groups is 1. The Morgan fingerprint density at radius 2 is 2.03 bits per heavy atom. The predicted octanol–water partition coefficient (Wildman–Crippen LogP) is 5.31. The number of aromatic nitrogens is 4. The number of aryl methyl sites for hydroxylation is 2. The maximum Gasteiger partial charge on any atom is 0.192 e. The van der Waals surface area contributed by atoms with Crippen LogP contribution in [0.3, 0.4) is 0 Å². The lowest BCUT2D eigenvalue weighted by atomic mass is 10.1. The van der Waals surface area contributed by atoms with Gasteiger partial charge >= 0.3 is 0 Å². The van der Waals surface area contributed by atoms with E-state index in [1.54, 1.807) is 10.8 Å². The van der Waals surface area contributed by atoms with Gasteiger partial charge in [-0.1, -0.05) is 39.6 Å². The van der Waals surface area contributed by atoms with E-state index < -0.39 is 0 Å². The normalized spacial score (nSPS) is 14.9. The van der Waals surface area contributed by atoms with Crippen molar-refractivity contribution in [2.24, 2.45) is 5.16 Å². The predicted molar refractivity (Wildman–Crippen MR) is 119 cm³/mol. The van der Waals surface area contributed by atoms with Crippen molar-refractivity contribution in [1.29, 1.82) is 0 Å². The molecule has 0 N–H and O–H groups in total. The molecular formula is C21H20BrN5OS. The molecule has 0 fully saturated rings. The first kappa shape index (κ1) is 18.7. The summed E-state index contributed by atoms with van der Waals surface area (Å²) in [5.74, 6) is 0.611. The molecule has 1 aliphatic carbocycles. The Labute approximate surface area is 180 Å². The second-order valence-corrected chi connectivity index (χ2v) is 9.24. The molecule has 0 saturated carbocycles. The second-order valence-electron chi connectivity index (χ2n) is 7.24. The van der Waals surface area contributed by atoms with Crippen LogP contribution in [0, 0.1) is 0 Å². The van der Waals surface area contributed by atoms with Gasteiger partial charge in [-0.15, -0.1) is 16.4 Å². The molecule has 0 atom stereocenters. The number of halogens is 1. The van der Waals surface area contributed by atoms with Crippen LogP contribution in [0.15, 0.2) is 40.2 Å². The molecule has 0 amide bonds. The van der Waals surface area contributed by atoms with Gasteiger partial charge in [0.1, 0.15) is 11.2 Å². The molecule has 0 spiro atoms. The van der Waals surface area contributed by atoms with E-state index in [2.05, 4.69) is 31.2 Å². The van der Waals surface area contributed by atoms with Crippen molar-refractivity contribution in [3.05, 3.63) is 56.9 Å². The van der Waals surface area contributed by atoms with Gasteiger partial charge in [-0.2, -0.15) is 0 Å². The summed E-state index contributed by atoms with van der Waals surface area (Å²) < 4.78 is 2.81. The molecule has 5 rings (SSSR count). The van der Waals surface area contributed by atoms with Crippen LogP contribution in [0.1, 0.15) is 48.0 Å². The van der Waals surface area contributed by atoms with E-state index >= 15 is 0 Å². The standard InChI is InChI=1S/C21H20BrN5OS/c1-13(14-7-9-15(22)10-8-14)26-28-11-18-24-20-19-16-5-3-2-4-6-17(16)29-21(19)23-12-27(20)25-18/h7-10,12H,2-6,11H2,1H3/b26-13+. The molecule has 0 aliphatic heterocycles. The first-order valence-corrected chi connectivity index (χ1v) is 11.4. The van der Waals surface area contributed by atoms with E-state index in [0.717, 1.165) is 39.1 Å². The Bertz CT molecular complexity index is 1210. The third-order valence-corrected chi connectivity index (χ3v) is 6.97. The Morgan fingerprint density at radius 1 is 1.21 bits per heavy atom. The van der Waals surface area contributed by atoms with E-state index in [9.17, 15) is 0 Å². The van der Waals surface area contributed by atoms with Gasteiger partial charge in [-0.05, 0) is 55.9 Å². The lowest BCUT2D eigenvalue weighted by molar-refractivity contribution is 0.125. The lowest BCUT2D eigenvalue weighted by Gasteiger charge is -2.01. The molecule has 29 heavy (non-hydrogen) atoms. The molecule has 0 unspecified atom stereocenters. The molecule has 4 aromatic rings. The number of benzene rings is 1. The Morgan fingerprint density at radius 3 is 2.90 bits per heavy atom. The summed E-state index contributed by atoms with van der Waals surface area (Å²) in [6.45, 7) is 2.15. The highest BCUT2D eigenvalue weighted by atomic mass is 79.9. The number of nitrogens with zero attached hydrogens (tertiary/aromatic N) is 5.